The number of benzene rings is 3. The number of nitrogens with one attached hydrogen (secondary N) is 1. The van der Waals surface area contributed by atoms with Crippen molar-refractivity contribution in [1.82, 2.24) is 9.97 Å². The number of carbonyl (C=O) groups excluding carboxylic acids is 1. The molecule has 5 aromatic rings. The van der Waals surface area contributed by atoms with E-state index in [-0.39, 0.29) is 12.5 Å². The Morgan fingerprint density at radius 2 is 1.27 bits per heavy atom. The average molecular weight is 586 g/mol. The van der Waals surface area contributed by atoms with Crippen LogP contribution in [0.15, 0.2) is 83.6 Å². The number of rotatable bonds is 11. The highest BCUT2D eigenvalue weighted by Crippen LogP contribution is 2.34. The van der Waals surface area contributed by atoms with Gasteiger partial charge in [0.2, 0.25) is 0 Å². The predicted molar refractivity (Wildman–Crippen MR) is 166 cm³/mol. The highest BCUT2D eigenvalue weighted by atomic mass is 32.1. The van der Waals surface area contributed by atoms with E-state index in [2.05, 4.69) is 23.1 Å². The van der Waals surface area contributed by atoms with Crippen LogP contribution in [0, 0.1) is 6.92 Å². The fourth-order valence-corrected chi connectivity index (χ4v) is 6.46. The van der Waals surface area contributed by atoms with E-state index in [0.717, 1.165) is 55.3 Å². The maximum absolute atomic E-state index is 13.3. The van der Waals surface area contributed by atoms with Crippen molar-refractivity contribution in [2.45, 2.75) is 20.0 Å². The second-order valence-corrected chi connectivity index (χ2v) is 11.9. The molecule has 41 heavy (non-hydrogen) atoms. The molecule has 0 radical (unpaired) electrons. The van der Waals surface area contributed by atoms with Gasteiger partial charge in [-0.15, -0.1) is 22.7 Å². The van der Waals surface area contributed by atoms with Gasteiger partial charge in [0, 0.05) is 16.4 Å². The van der Waals surface area contributed by atoms with Crippen molar-refractivity contribution in [1.29, 1.82) is 0 Å². The number of likely N-dealkylation sites (N-methyl/N-ethyl adjacent to an activating group) is 1. The molecule has 1 N–H and O–H groups in total. The van der Waals surface area contributed by atoms with Gasteiger partial charge in [-0.2, -0.15) is 0 Å². The summed E-state index contributed by atoms with van der Waals surface area (Å²) in [5, 5.41) is 8.98. The van der Waals surface area contributed by atoms with Gasteiger partial charge in [0.1, 0.15) is 46.0 Å². The van der Waals surface area contributed by atoms with Crippen LogP contribution in [-0.4, -0.2) is 48.2 Å². The first-order valence-electron chi connectivity index (χ1n) is 13.2. The highest BCUT2D eigenvalue weighted by Gasteiger charge is 2.29. The van der Waals surface area contributed by atoms with Gasteiger partial charge in [-0.1, -0.05) is 42.0 Å². The Morgan fingerprint density at radius 1 is 0.780 bits per heavy atom. The second-order valence-electron chi connectivity index (χ2n) is 10.2. The van der Waals surface area contributed by atoms with Crippen molar-refractivity contribution in [2.75, 3.05) is 33.1 Å². The summed E-state index contributed by atoms with van der Waals surface area (Å²) in [5.74, 6) is 1.51. The van der Waals surface area contributed by atoms with Crippen LogP contribution in [-0.2, 0) is 17.9 Å². The first kappa shape index (κ1) is 28.5. The molecule has 5 rings (SSSR count). The van der Waals surface area contributed by atoms with Crippen molar-refractivity contribution in [3.8, 4) is 32.6 Å². The van der Waals surface area contributed by atoms with Crippen molar-refractivity contribution in [3.63, 3.8) is 0 Å². The minimum atomic E-state index is -0.0586. The standard InChI is InChI=1S/C32H32N4O3S2/c1-22-13-15-23(16-14-22)33-30(37)19-36(2,17-24-20-40-31(34-24)26-9-5-7-11-28(26)38-3)18-25-21-41-32(35-25)27-10-6-8-12-29(27)39-4/h5-16,20-21H,17-19H2,1-4H3/p+1. The van der Waals surface area contributed by atoms with Gasteiger partial charge in [-0.25, -0.2) is 9.97 Å². The lowest BCUT2D eigenvalue weighted by atomic mass is 10.2. The van der Waals surface area contributed by atoms with E-state index in [0.29, 0.717) is 17.6 Å². The van der Waals surface area contributed by atoms with Crippen LogP contribution in [0.2, 0.25) is 0 Å². The van der Waals surface area contributed by atoms with Crippen LogP contribution >= 0.6 is 22.7 Å². The molecule has 0 aliphatic heterocycles. The van der Waals surface area contributed by atoms with E-state index in [1.54, 1.807) is 36.9 Å². The molecule has 0 atom stereocenters. The SMILES string of the molecule is COc1ccccc1-c1nc(C[N+](C)(CC(=O)Nc2ccc(C)cc2)Cc2csc(-c3ccccc3OC)n2)cs1. The van der Waals surface area contributed by atoms with Gasteiger partial charge < -0.3 is 19.3 Å². The number of ether oxygens (including phenoxy) is 2. The van der Waals surface area contributed by atoms with Gasteiger partial charge in [-0.05, 0) is 43.3 Å². The Labute approximate surface area is 248 Å². The zero-order valence-corrected chi connectivity index (χ0v) is 25.2. The number of aromatic nitrogens is 2. The maximum atomic E-state index is 13.3. The largest absolute Gasteiger partial charge is 0.496 e. The Kier molecular flexibility index (Phi) is 8.78. The van der Waals surface area contributed by atoms with Crippen molar-refractivity contribution in [3.05, 3.63) is 101 Å². The van der Waals surface area contributed by atoms with E-state index in [4.69, 9.17) is 19.4 Å². The van der Waals surface area contributed by atoms with Crippen molar-refractivity contribution >= 4 is 34.3 Å². The molecule has 0 unspecified atom stereocenters. The number of hydrogen-bond acceptors (Lipinski definition) is 7. The topological polar surface area (TPSA) is 73.3 Å². The predicted octanol–water partition coefficient (Wildman–Crippen LogP) is 7.04. The number of nitrogens with zero attached hydrogens (tertiary/aromatic N) is 3. The Morgan fingerprint density at radius 3 is 1.76 bits per heavy atom. The molecule has 0 spiro atoms. The summed E-state index contributed by atoms with van der Waals surface area (Å²) in [6.07, 6.45) is 0. The average Bonchev–Trinajstić information content (AvgIpc) is 3.63. The van der Waals surface area contributed by atoms with Crippen LogP contribution in [0.3, 0.4) is 0 Å². The summed E-state index contributed by atoms with van der Waals surface area (Å²) in [4.78, 5) is 23.2. The summed E-state index contributed by atoms with van der Waals surface area (Å²) in [6.45, 7) is 3.42. The molecular formula is C32H33N4O3S2+. The number of carbonyl (C=O) groups is 1. The molecule has 1 amide bonds. The Hall–Kier alpha value is -4.05. The number of para-hydroxylation sites is 2. The molecule has 210 valence electrons. The lowest BCUT2D eigenvalue weighted by molar-refractivity contribution is -0.928. The van der Waals surface area contributed by atoms with E-state index < -0.39 is 0 Å². The zero-order valence-electron chi connectivity index (χ0n) is 23.6. The summed E-state index contributed by atoms with van der Waals surface area (Å²) in [6, 6.07) is 23.6. The lowest BCUT2D eigenvalue weighted by Crippen LogP contribution is -2.47. The molecule has 2 aromatic heterocycles. The number of anilines is 1. The van der Waals surface area contributed by atoms with Gasteiger partial charge in [0.05, 0.1) is 32.4 Å². The monoisotopic (exact) mass is 585 g/mol. The van der Waals surface area contributed by atoms with Crippen LogP contribution in [0.4, 0.5) is 5.69 Å². The third-order valence-electron chi connectivity index (χ3n) is 6.73. The van der Waals surface area contributed by atoms with Crippen LogP contribution in [0.1, 0.15) is 17.0 Å². The first-order chi connectivity index (χ1) is 19.9. The minimum Gasteiger partial charge on any atom is -0.496 e. The normalized spacial score (nSPS) is 11.3. The van der Waals surface area contributed by atoms with Crippen LogP contribution in [0.25, 0.3) is 21.1 Å². The fraction of sp³-hybridized carbons (Fsp3) is 0.219. The van der Waals surface area contributed by atoms with Gasteiger partial charge in [-0.3, -0.25) is 4.79 Å². The smallest absolute Gasteiger partial charge is 0.279 e. The Balaban J connectivity index is 1.41. The summed E-state index contributed by atoms with van der Waals surface area (Å²) in [5.41, 5.74) is 5.68. The van der Waals surface area contributed by atoms with Crippen LogP contribution in [0.5, 0.6) is 11.5 Å². The van der Waals surface area contributed by atoms with Crippen LogP contribution < -0.4 is 14.8 Å². The van der Waals surface area contributed by atoms with E-state index in [1.165, 1.54) is 0 Å². The third-order valence-corrected chi connectivity index (χ3v) is 8.58. The number of aryl methyl sites for hydroxylation is 1. The summed E-state index contributed by atoms with van der Waals surface area (Å²) in [7, 11) is 5.42. The van der Waals surface area contributed by atoms with Gasteiger partial charge in [0.25, 0.3) is 5.91 Å². The molecule has 9 heteroatoms. The molecule has 0 aliphatic rings. The third kappa shape index (κ3) is 7.00. The second kappa shape index (κ2) is 12.6. The lowest BCUT2D eigenvalue weighted by Gasteiger charge is -2.32. The minimum absolute atomic E-state index is 0.0586. The number of amides is 1. The van der Waals surface area contributed by atoms with Gasteiger partial charge in [0.15, 0.2) is 6.54 Å². The van der Waals surface area contributed by atoms with Crippen molar-refractivity contribution < 1.29 is 18.8 Å². The Bertz CT molecular complexity index is 1540. The molecule has 0 bridgehead atoms. The van der Waals surface area contributed by atoms with E-state index in [9.17, 15) is 4.79 Å². The highest BCUT2D eigenvalue weighted by molar-refractivity contribution is 7.13. The quantitative estimate of drug-likeness (QED) is 0.168. The molecule has 0 saturated carbocycles. The summed E-state index contributed by atoms with van der Waals surface area (Å²) < 4.78 is 11.5. The number of thiazole rings is 2. The molecule has 0 aliphatic carbocycles. The molecule has 3 aromatic carbocycles. The number of quaternary nitrogens is 1. The molecular weight excluding hydrogens is 553 g/mol. The first-order valence-corrected chi connectivity index (χ1v) is 15.0. The molecule has 0 saturated heterocycles. The van der Waals surface area contributed by atoms with Gasteiger partial charge >= 0.3 is 0 Å². The summed E-state index contributed by atoms with van der Waals surface area (Å²) >= 11 is 3.16. The molecule has 0 fully saturated rings. The number of hydrogen-bond donors (Lipinski definition) is 1. The molecule has 7 nitrogen and oxygen atoms in total. The zero-order chi connectivity index (χ0) is 28.8. The van der Waals surface area contributed by atoms with E-state index in [1.807, 2.05) is 79.7 Å². The number of methoxy groups -OCH3 is 2. The van der Waals surface area contributed by atoms with Crippen molar-refractivity contribution in [2.24, 2.45) is 0 Å². The van der Waals surface area contributed by atoms with E-state index >= 15 is 0 Å². The maximum Gasteiger partial charge on any atom is 0.279 e. The fourth-order valence-electron chi connectivity index (χ4n) is 4.78. The molecule has 2 heterocycles.